The fourth-order valence-corrected chi connectivity index (χ4v) is 0.813. The van der Waals surface area contributed by atoms with Crippen molar-refractivity contribution < 1.29 is 39.5 Å². The van der Waals surface area contributed by atoms with Gasteiger partial charge in [-0.1, -0.05) is 6.08 Å². The van der Waals surface area contributed by atoms with Crippen LogP contribution in [0.15, 0.2) is 12.2 Å². The molecule has 0 aliphatic carbocycles. The van der Waals surface area contributed by atoms with Crippen LogP contribution in [0.4, 0.5) is 39.5 Å². The zero-order valence-electron chi connectivity index (χ0n) is 7.56. The molecule has 0 aliphatic heterocycles. The molecule has 0 aliphatic rings. The standard InChI is InChI=1S/C7H5F9/c1-2-3-4(8,6(11,12)13)5(9,10)7(14,15)16/h2-3H,1H3/b3-2+/t4-/m1/s1. The summed E-state index contributed by atoms with van der Waals surface area (Å²) in [5, 5.41) is 0. The Bertz CT molecular complexity index is 271. The molecular formula is C7H5F9. The van der Waals surface area contributed by atoms with Gasteiger partial charge in [-0.2, -0.15) is 35.1 Å². The van der Waals surface area contributed by atoms with Crippen LogP contribution in [0.1, 0.15) is 6.92 Å². The molecule has 0 saturated heterocycles. The average molecular weight is 260 g/mol. The van der Waals surface area contributed by atoms with Gasteiger partial charge in [-0.05, 0) is 13.0 Å². The van der Waals surface area contributed by atoms with E-state index in [1.165, 1.54) is 0 Å². The van der Waals surface area contributed by atoms with Gasteiger partial charge in [0.1, 0.15) is 0 Å². The van der Waals surface area contributed by atoms with Crippen molar-refractivity contribution in [3.63, 3.8) is 0 Å². The number of hydrogen-bond acceptors (Lipinski definition) is 0. The zero-order chi connectivity index (χ0) is 13.4. The van der Waals surface area contributed by atoms with E-state index in [-0.39, 0.29) is 6.08 Å². The first-order valence-corrected chi connectivity index (χ1v) is 3.65. The molecule has 1 atom stereocenters. The number of alkyl halides is 9. The third kappa shape index (κ3) is 2.12. The minimum absolute atomic E-state index is 0.132. The molecule has 16 heavy (non-hydrogen) atoms. The van der Waals surface area contributed by atoms with E-state index in [2.05, 4.69) is 0 Å². The van der Waals surface area contributed by atoms with Crippen LogP contribution in [0.25, 0.3) is 0 Å². The highest BCUT2D eigenvalue weighted by atomic mass is 19.4. The van der Waals surface area contributed by atoms with Crippen molar-refractivity contribution in [1.82, 2.24) is 0 Å². The number of hydrogen-bond donors (Lipinski definition) is 0. The van der Waals surface area contributed by atoms with Gasteiger partial charge >= 0.3 is 18.3 Å². The lowest BCUT2D eigenvalue weighted by Gasteiger charge is -2.33. The van der Waals surface area contributed by atoms with Crippen LogP contribution in [0.5, 0.6) is 0 Å². The second kappa shape index (κ2) is 3.85. The number of halogens is 9. The minimum Gasteiger partial charge on any atom is -0.222 e. The van der Waals surface area contributed by atoms with Gasteiger partial charge in [-0.25, -0.2) is 4.39 Å². The predicted molar refractivity (Wildman–Crippen MR) is 35.7 cm³/mol. The molecule has 0 amide bonds. The van der Waals surface area contributed by atoms with Gasteiger partial charge < -0.3 is 0 Å². The van der Waals surface area contributed by atoms with Crippen LogP contribution in [-0.2, 0) is 0 Å². The Balaban J connectivity index is 5.74. The summed E-state index contributed by atoms with van der Waals surface area (Å²) in [6.45, 7) is 0.687. The van der Waals surface area contributed by atoms with Gasteiger partial charge in [0, 0.05) is 0 Å². The molecule has 0 heterocycles. The fraction of sp³-hybridized carbons (Fsp3) is 0.714. The van der Waals surface area contributed by atoms with Crippen LogP contribution < -0.4 is 0 Å². The van der Waals surface area contributed by atoms with E-state index in [0.29, 0.717) is 6.92 Å². The highest BCUT2D eigenvalue weighted by molar-refractivity contribution is 5.15. The topological polar surface area (TPSA) is 0 Å². The molecule has 9 heteroatoms. The molecule has 0 fully saturated rings. The first-order valence-electron chi connectivity index (χ1n) is 3.65. The molecule has 0 spiro atoms. The third-order valence-electron chi connectivity index (χ3n) is 1.62. The smallest absolute Gasteiger partial charge is 0.222 e. The SMILES string of the molecule is C/C=C/[C@](F)(C(F)(F)F)C(F)(F)C(F)(F)F. The maximum atomic E-state index is 12.9. The van der Waals surface area contributed by atoms with Gasteiger partial charge in [-0.15, -0.1) is 0 Å². The maximum Gasteiger partial charge on any atom is 0.457 e. The van der Waals surface area contributed by atoms with E-state index in [9.17, 15) is 39.5 Å². The fourth-order valence-electron chi connectivity index (χ4n) is 0.813. The molecule has 0 unspecified atom stereocenters. The zero-order valence-corrected chi connectivity index (χ0v) is 7.56. The summed E-state index contributed by atoms with van der Waals surface area (Å²) in [6, 6.07) is 0. The summed E-state index contributed by atoms with van der Waals surface area (Å²) < 4.78 is 108. The predicted octanol–water partition coefficient (Wildman–Crippen LogP) is 4.03. The molecule has 0 nitrogen and oxygen atoms in total. The molecule has 0 saturated carbocycles. The van der Waals surface area contributed by atoms with Gasteiger partial charge in [0.25, 0.3) is 5.67 Å². The second-order valence-electron chi connectivity index (χ2n) is 2.78. The van der Waals surface area contributed by atoms with E-state index in [4.69, 9.17) is 0 Å². The quantitative estimate of drug-likeness (QED) is 0.519. The van der Waals surface area contributed by atoms with Crippen molar-refractivity contribution in [1.29, 1.82) is 0 Å². The van der Waals surface area contributed by atoms with Crippen molar-refractivity contribution in [2.45, 2.75) is 30.9 Å². The van der Waals surface area contributed by atoms with E-state index in [1.807, 2.05) is 0 Å². The van der Waals surface area contributed by atoms with Crippen molar-refractivity contribution in [3.8, 4) is 0 Å². The Hall–Kier alpha value is -0.890. The molecule has 0 aromatic carbocycles. The summed E-state index contributed by atoms with van der Waals surface area (Å²) in [5.41, 5.74) is -5.77. The van der Waals surface area contributed by atoms with Gasteiger partial charge in [0.05, 0.1) is 0 Å². The lowest BCUT2D eigenvalue weighted by molar-refractivity contribution is -0.369. The monoisotopic (exact) mass is 260 g/mol. The van der Waals surface area contributed by atoms with Crippen LogP contribution in [-0.4, -0.2) is 23.9 Å². The summed E-state index contributed by atoms with van der Waals surface area (Å²) in [6.07, 6.45) is -13.7. The minimum atomic E-state index is -6.64. The third-order valence-corrected chi connectivity index (χ3v) is 1.62. The molecular weight excluding hydrogens is 255 g/mol. The average Bonchev–Trinajstić information content (AvgIpc) is 1.99. The highest BCUT2D eigenvalue weighted by Crippen LogP contribution is 2.53. The Labute approximate surface area is 83.7 Å². The summed E-state index contributed by atoms with van der Waals surface area (Å²) >= 11 is 0. The summed E-state index contributed by atoms with van der Waals surface area (Å²) in [7, 11) is 0. The Morgan fingerprint density at radius 3 is 1.25 bits per heavy atom. The highest BCUT2D eigenvalue weighted by Gasteiger charge is 2.79. The van der Waals surface area contributed by atoms with Crippen LogP contribution in [0.2, 0.25) is 0 Å². The Kier molecular flexibility index (Phi) is 3.63. The van der Waals surface area contributed by atoms with E-state index < -0.39 is 30.0 Å². The Morgan fingerprint density at radius 1 is 0.688 bits per heavy atom. The van der Waals surface area contributed by atoms with Crippen LogP contribution >= 0.6 is 0 Å². The Morgan fingerprint density at radius 2 is 1.06 bits per heavy atom. The maximum absolute atomic E-state index is 12.9. The number of allylic oxidation sites excluding steroid dienone is 2. The molecule has 0 aromatic heterocycles. The first kappa shape index (κ1) is 15.1. The van der Waals surface area contributed by atoms with Gasteiger partial charge in [-0.3, -0.25) is 0 Å². The largest absolute Gasteiger partial charge is 0.457 e. The lowest BCUT2D eigenvalue weighted by atomic mass is 9.95. The second-order valence-corrected chi connectivity index (χ2v) is 2.78. The first-order chi connectivity index (χ1) is 6.81. The van der Waals surface area contributed by atoms with E-state index in [0.717, 1.165) is 0 Å². The van der Waals surface area contributed by atoms with Gasteiger partial charge in [0.2, 0.25) is 0 Å². The molecule has 0 radical (unpaired) electrons. The molecule has 96 valence electrons. The molecule has 0 bridgehead atoms. The molecule has 0 aromatic rings. The van der Waals surface area contributed by atoms with E-state index >= 15 is 0 Å². The van der Waals surface area contributed by atoms with Crippen LogP contribution in [0.3, 0.4) is 0 Å². The molecule has 0 rings (SSSR count). The van der Waals surface area contributed by atoms with Crippen molar-refractivity contribution in [3.05, 3.63) is 12.2 Å². The normalized spacial score (nSPS) is 18.9. The van der Waals surface area contributed by atoms with E-state index in [1.54, 1.807) is 0 Å². The van der Waals surface area contributed by atoms with Crippen molar-refractivity contribution in [2.24, 2.45) is 0 Å². The molecule has 0 N–H and O–H groups in total. The van der Waals surface area contributed by atoms with Crippen LogP contribution in [0, 0.1) is 0 Å². The number of rotatable bonds is 2. The summed E-state index contributed by atoms with van der Waals surface area (Å²) in [4.78, 5) is 0. The van der Waals surface area contributed by atoms with Crippen molar-refractivity contribution >= 4 is 0 Å². The summed E-state index contributed by atoms with van der Waals surface area (Å²) in [5.74, 6) is -6.55. The van der Waals surface area contributed by atoms with Gasteiger partial charge in [0.15, 0.2) is 0 Å². The lowest BCUT2D eigenvalue weighted by Crippen LogP contribution is -2.60. The van der Waals surface area contributed by atoms with Crippen molar-refractivity contribution in [2.75, 3.05) is 0 Å².